The van der Waals surface area contributed by atoms with Crippen LogP contribution in [0.4, 0.5) is 0 Å². The van der Waals surface area contributed by atoms with Crippen molar-refractivity contribution in [2.24, 2.45) is 0 Å². The average Bonchev–Trinajstić information content (AvgIpc) is 2.60. The minimum Gasteiger partial charge on any atom is -0.481 e. The van der Waals surface area contributed by atoms with Crippen LogP contribution < -0.4 is 5.32 Å². The fourth-order valence-corrected chi connectivity index (χ4v) is 3.51. The number of aryl methyl sites for hydroxylation is 3. The Kier molecular flexibility index (Phi) is 7.36. The van der Waals surface area contributed by atoms with E-state index < -0.39 is 12.0 Å². The molecule has 0 aliphatic carbocycles. The van der Waals surface area contributed by atoms with Gasteiger partial charge in [0.1, 0.15) is 0 Å². The standard InChI is InChI=1S/C20H25N3O3S/c1-12-7-5-6-8-15(12)17(11-19(25)26)23-18(24)10-9-16-13(2)21-20(27-4)22-14(16)3/h5-8,17H,9-11H2,1-4H3,(H,23,24)(H,25,26). The van der Waals surface area contributed by atoms with Gasteiger partial charge in [0, 0.05) is 17.8 Å². The molecule has 2 rings (SSSR count). The van der Waals surface area contributed by atoms with Crippen molar-refractivity contribution in [3.63, 3.8) is 0 Å². The van der Waals surface area contributed by atoms with Crippen molar-refractivity contribution in [1.29, 1.82) is 0 Å². The summed E-state index contributed by atoms with van der Waals surface area (Å²) in [6.07, 6.45) is 2.55. The molecule has 27 heavy (non-hydrogen) atoms. The molecule has 0 aliphatic rings. The van der Waals surface area contributed by atoms with E-state index in [9.17, 15) is 14.7 Å². The minimum atomic E-state index is -0.948. The van der Waals surface area contributed by atoms with Gasteiger partial charge in [0.05, 0.1) is 12.5 Å². The molecule has 0 spiro atoms. The highest BCUT2D eigenvalue weighted by molar-refractivity contribution is 7.98. The van der Waals surface area contributed by atoms with E-state index in [0.717, 1.165) is 33.2 Å². The Hall–Kier alpha value is -2.41. The highest BCUT2D eigenvalue weighted by Gasteiger charge is 2.20. The lowest BCUT2D eigenvalue weighted by Crippen LogP contribution is -2.31. The number of hydrogen-bond donors (Lipinski definition) is 2. The van der Waals surface area contributed by atoms with Crippen LogP contribution in [-0.4, -0.2) is 33.2 Å². The van der Waals surface area contributed by atoms with Crippen LogP contribution in [0.25, 0.3) is 0 Å². The molecule has 1 atom stereocenters. The van der Waals surface area contributed by atoms with E-state index in [-0.39, 0.29) is 18.7 Å². The molecule has 6 nitrogen and oxygen atoms in total. The second kappa shape index (κ2) is 9.50. The monoisotopic (exact) mass is 387 g/mol. The Morgan fingerprint density at radius 1 is 1.15 bits per heavy atom. The van der Waals surface area contributed by atoms with Gasteiger partial charge in [-0.1, -0.05) is 36.0 Å². The summed E-state index contributed by atoms with van der Waals surface area (Å²) in [5, 5.41) is 12.8. The fourth-order valence-electron chi connectivity index (χ4n) is 3.06. The number of nitrogens with one attached hydrogen (secondary N) is 1. The molecular weight excluding hydrogens is 362 g/mol. The van der Waals surface area contributed by atoms with Crippen LogP contribution in [-0.2, 0) is 16.0 Å². The Labute approximate surface area is 163 Å². The van der Waals surface area contributed by atoms with E-state index in [1.165, 1.54) is 11.8 Å². The molecule has 1 heterocycles. The van der Waals surface area contributed by atoms with Crippen molar-refractivity contribution in [3.8, 4) is 0 Å². The fraction of sp³-hybridized carbons (Fsp3) is 0.400. The number of aliphatic carboxylic acids is 1. The molecular formula is C20H25N3O3S. The van der Waals surface area contributed by atoms with Gasteiger partial charge in [-0.2, -0.15) is 0 Å². The SMILES string of the molecule is CSc1nc(C)c(CCC(=O)NC(CC(=O)O)c2ccccc2C)c(C)n1. The van der Waals surface area contributed by atoms with Crippen LogP contribution in [0.3, 0.4) is 0 Å². The number of carbonyl (C=O) groups excluding carboxylic acids is 1. The smallest absolute Gasteiger partial charge is 0.305 e. The van der Waals surface area contributed by atoms with Gasteiger partial charge < -0.3 is 10.4 Å². The van der Waals surface area contributed by atoms with Crippen LogP contribution in [0.5, 0.6) is 0 Å². The number of carboxylic acid groups (broad SMARTS) is 1. The molecule has 0 saturated heterocycles. The third kappa shape index (κ3) is 5.79. The number of aromatic nitrogens is 2. The highest BCUT2D eigenvalue weighted by atomic mass is 32.2. The van der Waals surface area contributed by atoms with Gasteiger partial charge >= 0.3 is 5.97 Å². The minimum absolute atomic E-state index is 0.153. The molecule has 0 bridgehead atoms. The largest absolute Gasteiger partial charge is 0.481 e. The summed E-state index contributed by atoms with van der Waals surface area (Å²) in [5.41, 5.74) is 4.50. The number of rotatable bonds is 8. The van der Waals surface area contributed by atoms with Crippen molar-refractivity contribution in [3.05, 3.63) is 52.3 Å². The zero-order chi connectivity index (χ0) is 20.0. The lowest BCUT2D eigenvalue weighted by Gasteiger charge is -2.19. The van der Waals surface area contributed by atoms with Crippen LogP contribution in [0.2, 0.25) is 0 Å². The van der Waals surface area contributed by atoms with Gasteiger partial charge in [0.25, 0.3) is 0 Å². The van der Waals surface area contributed by atoms with E-state index in [4.69, 9.17) is 0 Å². The predicted octanol–water partition coefficient (Wildman–Crippen LogP) is 3.39. The van der Waals surface area contributed by atoms with E-state index in [1.807, 2.05) is 51.3 Å². The zero-order valence-electron chi connectivity index (χ0n) is 16.1. The van der Waals surface area contributed by atoms with Gasteiger partial charge in [-0.05, 0) is 50.1 Å². The summed E-state index contributed by atoms with van der Waals surface area (Å²) in [6, 6.07) is 6.96. The topological polar surface area (TPSA) is 92.2 Å². The number of benzene rings is 1. The average molecular weight is 388 g/mol. The quantitative estimate of drug-likeness (QED) is 0.533. The molecule has 2 N–H and O–H groups in total. The van der Waals surface area contributed by atoms with Crippen LogP contribution in [0, 0.1) is 20.8 Å². The molecule has 1 aromatic carbocycles. The lowest BCUT2D eigenvalue weighted by molar-refractivity contribution is -0.137. The van der Waals surface area contributed by atoms with E-state index in [0.29, 0.717) is 6.42 Å². The number of carboxylic acids is 1. The van der Waals surface area contributed by atoms with Crippen LogP contribution in [0.15, 0.2) is 29.4 Å². The molecule has 0 fully saturated rings. The molecule has 7 heteroatoms. The van der Waals surface area contributed by atoms with E-state index in [1.54, 1.807) is 0 Å². The second-order valence-electron chi connectivity index (χ2n) is 6.43. The van der Waals surface area contributed by atoms with Crippen LogP contribution >= 0.6 is 11.8 Å². The normalized spacial score (nSPS) is 11.9. The number of carbonyl (C=O) groups is 2. The van der Waals surface area contributed by atoms with Gasteiger partial charge in [-0.25, -0.2) is 9.97 Å². The predicted molar refractivity (Wildman–Crippen MR) is 106 cm³/mol. The maximum atomic E-state index is 12.5. The van der Waals surface area contributed by atoms with Gasteiger partial charge in [-0.15, -0.1) is 0 Å². The molecule has 1 amide bonds. The molecule has 1 aromatic heterocycles. The Balaban J connectivity index is 2.08. The Morgan fingerprint density at radius 2 is 1.78 bits per heavy atom. The first kappa shape index (κ1) is 20.9. The highest BCUT2D eigenvalue weighted by Crippen LogP contribution is 2.22. The van der Waals surface area contributed by atoms with Gasteiger partial charge in [-0.3, -0.25) is 9.59 Å². The first-order valence-corrected chi connectivity index (χ1v) is 9.99. The maximum absolute atomic E-state index is 12.5. The third-order valence-electron chi connectivity index (χ3n) is 4.46. The summed E-state index contributed by atoms with van der Waals surface area (Å²) < 4.78 is 0. The number of hydrogen-bond acceptors (Lipinski definition) is 5. The molecule has 2 aromatic rings. The number of thioether (sulfide) groups is 1. The molecule has 0 aliphatic heterocycles. The molecule has 0 saturated carbocycles. The Bertz CT molecular complexity index is 816. The summed E-state index contributed by atoms with van der Waals surface area (Å²) >= 11 is 1.49. The number of amides is 1. The van der Waals surface area contributed by atoms with Crippen molar-refractivity contribution >= 4 is 23.6 Å². The van der Waals surface area contributed by atoms with Gasteiger partial charge in [0.2, 0.25) is 5.91 Å². The van der Waals surface area contributed by atoms with Crippen molar-refractivity contribution in [2.45, 2.75) is 51.2 Å². The van der Waals surface area contributed by atoms with Crippen molar-refractivity contribution < 1.29 is 14.7 Å². The van der Waals surface area contributed by atoms with E-state index >= 15 is 0 Å². The summed E-state index contributed by atoms with van der Waals surface area (Å²) in [5.74, 6) is -1.13. The van der Waals surface area contributed by atoms with E-state index in [2.05, 4.69) is 15.3 Å². The maximum Gasteiger partial charge on any atom is 0.305 e. The lowest BCUT2D eigenvalue weighted by atomic mass is 9.98. The summed E-state index contributed by atoms with van der Waals surface area (Å²) in [4.78, 5) is 32.6. The molecule has 0 radical (unpaired) electrons. The Morgan fingerprint density at radius 3 is 2.33 bits per heavy atom. The first-order valence-electron chi connectivity index (χ1n) is 8.76. The third-order valence-corrected chi connectivity index (χ3v) is 5.01. The summed E-state index contributed by atoms with van der Waals surface area (Å²) in [7, 11) is 0. The first-order chi connectivity index (χ1) is 12.8. The molecule has 1 unspecified atom stereocenters. The van der Waals surface area contributed by atoms with Crippen LogP contribution in [0.1, 0.15) is 47.0 Å². The van der Waals surface area contributed by atoms with Gasteiger partial charge in [0.15, 0.2) is 5.16 Å². The number of nitrogens with zero attached hydrogens (tertiary/aromatic N) is 2. The van der Waals surface area contributed by atoms with Crippen molar-refractivity contribution in [2.75, 3.05) is 6.26 Å². The van der Waals surface area contributed by atoms with Crippen molar-refractivity contribution in [1.82, 2.24) is 15.3 Å². The molecule has 144 valence electrons. The summed E-state index contributed by atoms with van der Waals surface area (Å²) in [6.45, 7) is 5.75. The second-order valence-corrected chi connectivity index (χ2v) is 7.21. The zero-order valence-corrected chi connectivity index (χ0v) is 16.9.